The second-order valence-electron chi connectivity index (χ2n) is 3.13. The number of hydrogen-bond acceptors (Lipinski definition) is 2. The topological polar surface area (TPSA) is 12.0 Å². The van der Waals surface area contributed by atoms with Gasteiger partial charge in [-0.3, -0.25) is 0 Å². The van der Waals surface area contributed by atoms with E-state index in [2.05, 4.69) is 46.4 Å². The third-order valence-electron chi connectivity index (χ3n) is 1.86. The molecule has 3 heteroatoms. The van der Waals surface area contributed by atoms with E-state index in [4.69, 9.17) is 0 Å². The van der Waals surface area contributed by atoms with Crippen molar-refractivity contribution in [2.45, 2.75) is 24.8 Å². The van der Waals surface area contributed by atoms with Crippen LogP contribution in [0.4, 0.5) is 0 Å². The van der Waals surface area contributed by atoms with Gasteiger partial charge in [0.1, 0.15) is 0 Å². The number of hydrogen-bond donors (Lipinski definition) is 1. The van der Waals surface area contributed by atoms with Gasteiger partial charge in [-0.05, 0) is 36.9 Å². The molecule has 1 rings (SSSR count). The third kappa shape index (κ3) is 3.64. The van der Waals surface area contributed by atoms with Crippen LogP contribution in [0, 0.1) is 0 Å². The number of benzene rings is 1. The van der Waals surface area contributed by atoms with Crippen molar-refractivity contribution in [1.29, 1.82) is 0 Å². The normalized spacial score (nSPS) is 10.5. The van der Waals surface area contributed by atoms with E-state index < -0.39 is 0 Å². The van der Waals surface area contributed by atoms with E-state index in [9.17, 15) is 0 Å². The number of rotatable bonds is 5. The lowest BCUT2D eigenvalue weighted by Crippen LogP contribution is -2.06. The minimum atomic E-state index is 0.944. The third-order valence-corrected chi connectivity index (χ3v) is 3.65. The van der Waals surface area contributed by atoms with Gasteiger partial charge in [0.05, 0.1) is 0 Å². The van der Waals surface area contributed by atoms with Gasteiger partial charge in [0.25, 0.3) is 0 Å². The first-order valence-electron chi connectivity index (χ1n) is 4.83. The van der Waals surface area contributed by atoms with Crippen LogP contribution in [0.25, 0.3) is 0 Å². The van der Waals surface area contributed by atoms with Crippen molar-refractivity contribution < 1.29 is 0 Å². The molecule has 0 aliphatic rings. The SMILES string of the molecule is CCCSc1cc(Br)ccc1CNC. The van der Waals surface area contributed by atoms with Crippen LogP contribution in [0.2, 0.25) is 0 Å². The van der Waals surface area contributed by atoms with E-state index >= 15 is 0 Å². The fraction of sp³-hybridized carbons (Fsp3) is 0.455. The summed E-state index contributed by atoms with van der Waals surface area (Å²) in [6, 6.07) is 6.48. The Labute approximate surface area is 98.8 Å². The maximum Gasteiger partial charge on any atom is 0.0213 e. The smallest absolute Gasteiger partial charge is 0.0213 e. The van der Waals surface area contributed by atoms with Crippen molar-refractivity contribution in [2.24, 2.45) is 0 Å². The summed E-state index contributed by atoms with van der Waals surface area (Å²) in [5, 5.41) is 3.19. The zero-order valence-corrected chi connectivity index (χ0v) is 11.0. The second kappa shape index (κ2) is 6.49. The highest BCUT2D eigenvalue weighted by Crippen LogP contribution is 2.26. The van der Waals surface area contributed by atoms with Crippen LogP contribution in [0.1, 0.15) is 18.9 Å². The second-order valence-corrected chi connectivity index (χ2v) is 5.18. The Morgan fingerprint density at radius 3 is 2.86 bits per heavy atom. The van der Waals surface area contributed by atoms with Crippen molar-refractivity contribution in [3.05, 3.63) is 28.2 Å². The summed E-state index contributed by atoms with van der Waals surface area (Å²) in [6.45, 7) is 3.15. The minimum Gasteiger partial charge on any atom is -0.316 e. The summed E-state index contributed by atoms with van der Waals surface area (Å²) in [7, 11) is 1.98. The van der Waals surface area contributed by atoms with Gasteiger partial charge in [0, 0.05) is 15.9 Å². The Morgan fingerprint density at radius 1 is 1.43 bits per heavy atom. The Balaban J connectivity index is 2.79. The molecule has 0 atom stereocenters. The van der Waals surface area contributed by atoms with Gasteiger partial charge in [0.15, 0.2) is 0 Å². The molecule has 0 saturated heterocycles. The highest BCUT2D eigenvalue weighted by atomic mass is 79.9. The van der Waals surface area contributed by atoms with Crippen LogP contribution in [-0.4, -0.2) is 12.8 Å². The highest BCUT2D eigenvalue weighted by Gasteiger charge is 2.02. The molecule has 0 radical (unpaired) electrons. The lowest BCUT2D eigenvalue weighted by atomic mass is 10.2. The molecule has 0 aromatic heterocycles. The van der Waals surface area contributed by atoms with E-state index in [1.165, 1.54) is 22.6 Å². The summed E-state index contributed by atoms with van der Waals surface area (Å²) < 4.78 is 1.16. The molecule has 1 aromatic carbocycles. The van der Waals surface area contributed by atoms with Crippen molar-refractivity contribution in [2.75, 3.05) is 12.8 Å². The quantitative estimate of drug-likeness (QED) is 0.822. The summed E-state index contributed by atoms with van der Waals surface area (Å²) in [5.41, 5.74) is 1.38. The van der Waals surface area contributed by atoms with E-state index in [-0.39, 0.29) is 0 Å². The van der Waals surface area contributed by atoms with Gasteiger partial charge in [-0.1, -0.05) is 28.9 Å². The molecule has 1 aromatic rings. The molecule has 1 N–H and O–H groups in total. The molecule has 14 heavy (non-hydrogen) atoms. The van der Waals surface area contributed by atoms with Crippen LogP contribution in [-0.2, 0) is 6.54 Å². The molecule has 78 valence electrons. The van der Waals surface area contributed by atoms with Gasteiger partial charge in [-0.15, -0.1) is 11.8 Å². The van der Waals surface area contributed by atoms with Gasteiger partial charge in [-0.25, -0.2) is 0 Å². The van der Waals surface area contributed by atoms with Crippen LogP contribution in [0.5, 0.6) is 0 Å². The molecule has 0 bridgehead atoms. The van der Waals surface area contributed by atoms with E-state index in [1.807, 2.05) is 18.8 Å². The molecule has 0 heterocycles. The molecule has 0 aliphatic carbocycles. The molecular formula is C11H16BrNS. The summed E-state index contributed by atoms with van der Waals surface area (Å²) >= 11 is 5.44. The van der Waals surface area contributed by atoms with Crippen LogP contribution in [0.3, 0.4) is 0 Å². The maximum atomic E-state index is 3.51. The molecular weight excluding hydrogens is 258 g/mol. The molecule has 0 saturated carbocycles. The molecule has 0 aliphatic heterocycles. The Bertz CT molecular complexity index is 289. The van der Waals surface area contributed by atoms with Crippen LogP contribution in [0.15, 0.2) is 27.6 Å². The zero-order valence-electron chi connectivity index (χ0n) is 8.64. The summed E-state index contributed by atoms with van der Waals surface area (Å²) in [6.07, 6.45) is 1.22. The van der Waals surface area contributed by atoms with Crippen LogP contribution < -0.4 is 5.32 Å². The monoisotopic (exact) mass is 273 g/mol. The van der Waals surface area contributed by atoms with E-state index in [1.54, 1.807) is 0 Å². The predicted molar refractivity (Wildman–Crippen MR) is 67.9 cm³/mol. The number of nitrogens with one attached hydrogen (secondary N) is 1. The lowest BCUT2D eigenvalue weighted by Gasteiger charge is -2.08. The fourth-order valence-electron chi connectivity index (χ4n) is 1.21. The Kier molecular flexibility index (Phi) is 5.60. The Hall–Kier alpha value is 0.01000. The first-order chi connectivity index (χ1) is 6.77. The van der Waals surface area contributed by atoms with Gasteiger partial charge in [-0.2, -0.15) is 0 Å². The predicted octanol–water partition coefficient (Wildman–Crippen LogP) is 3.67. The first kappa shape index (κ1) is 12.1. The lowest BCUT2D eigenvalue weighted by molar-refractivity contribution is 0.803. The first-order valence-corrected chi connectivity index (χ1v) is 6.61. The van der Waals surface area contributed by atoms with Gasteiger partial charge in [0.2, 0.25) is 0 Å². The van der Waals surface area contributed by atoms with Crippen molar-refractivity contribution in [3.63, 3.8) is 0 Å². The van der Waals surface area contributed by atoms with Crippen molar-refractivity contribution in [3.8, 4) is 0 Å². The molecule has 0 fully saturated rings. The highest BCUT2D eigenvalue weighted by molar-refractivity contribution is 9.10. The summed E-state index contributed by atoms with van der Waals surface area (Å²) in [5.74, 6) is 1.19. The van der Waals surface area contributed by atoms with Crippen molar-refractivity contribution >= 4 is 27.7 Å². The minimum absolute atomic E-state index is 0.944. The average molecular weight is 274 g/mol. The maximum absolute atomic E-state index is 3.51. The Morgan fingerprint density at radius 2 is 2.21 bits per heavy atom. The molecule has 0 amide bonds. The van der Waals surface area contributed by atoms with E-state index in [0.717, 1.165) is 11.0 Å². The zero-order chi connectivity index (χ0) is 10.4. The average Bonchev–Trinajstić information content (AvgIpc) is 2.18. The molecule has 0 unspecified atom stereocenters. The largest absolute Gasteiger partial charge is 0.316 e. The van der Waals surface area contributed by atoms with Crippen molar-refractivity contribution in [1.82, 2.24) is 5.32 Å². The van der Waals surface area contributed by atoms with Gasteiger partial charge >= 0.3 is 0 Å². The summed E-state index contributed by atoms with van der Waals surface area (Å²) in [4.78, 5) is 1.38. The molecule has 0 spiro atoms. The number of thioether (sulfide) groups is 1. The van der Waals surface area contributed by atoms with Gasteiger partial charge < -0.3 is 5.32 Å². The number of halogens is 1. The van der Waals surface area contributed by atoms with E-state index in [0.29, 0.717) is 0 Å². The fourth-order valence-corrected chi connectivity index (χ4v) is 2.68. The standard InChI is InChI=1S/C11H16BrNS/c1-3-6-14-11-7-10(12)5-4-9(11)8-13-2/h4-5,7,13H,3,6,8H2,1-2H3. The molecule has 1 nitrogen and oxygen atoms in total. The van der Waals surface area contributed by atoms with Crippen LogP contribution >= 0.6 is 27.7 Å².